The Balaban J connectivity index is 1.64. The quantitative estimate of drug-likeness (QED) is 0.292. The van der Waals surface area contributed by atoms with Crippen LogP contribution >= 0.6 is 23.1 Å². The van der Waals surface area contributed by atoms with E-state index in [-0.39, 0.29) is 5.00 Å². The molecule has 0 amide bonds. The molecule has 9 heteroatoms. The van der Waals surface area contributed by atoms with Gasteiger partial charge in [0.2, 0.25) is 0 Å². The van der Waals surface area contributed by atoms with Crippen molar-refractivity contribution in [2.45, 2.75) is 15.8 Å². The van der Waals surface area contributed by atoms with Crippen LogP contribution in [-0.4, -0.2) is 22.0 Å². The standard InChI is InChI=1S/C20H15N3O4S2/c1-26-16-9-14-15(10-17(16)27-12-13-5-3-2-4-6-13)21-8-7-18(14)28-20-22-11-19(29-20)23(24)25/h2-11H,12H2,1H3. The van der Waals surface area contributed by atoms with E-state index in [4.69, 9.17) is 9.47 Å². The van der Waals surface area contributed by atoms with E-state index in [1.165, 1.54) is 18.0 Å². The normalized spacial score (nSPS) is 10.8. The maximum Gasteiger partial charge on any atom is 0.344 e. The lowest BCUT2D eigenvalue weighted by Crippen LogP contribution is -1.98. The predicted octanol–water partition coefficient (Wildman–Crippen LogP) is 5.34. The van der Waals surface area contributed by atoms with Crippen LogP contribution in [0, 0.1) is 10.1 Å². The first-order chi connectivity index (χ1) is 14.1. The maximum absolute atomic E-state index is 10.9. The summed E-state index contributed by atoms with van der Waals surface area (Å²) in [6, 6.07) is 15.4. The number of rotatable bonds is 7. The second-order valence-electron chi connectivity index (χ2n) is 5.93. The summed E-state index contributed by atoms with van der Waals surface area (Å²) in [5.74, 6) is 1.19. The summed E-state index contributed by atoms with van der Waals surface area (Å²) in [4.78, 5) is 19.9. The van der Waals surface area contributed by atoms with Crippen LogP contribution in [0.4, 0.5) is 5.00 Å². The highest BCUT2D eigenvalue weighted by Gasteiger charge is 2.15. The summed E-state index contributed by atoms with van der Waals surface area (Å²) in [6.45, 7) is 0.417. The molecule has 146 valence electrons. The summed E-state index contributed by atoms with van der Waals surface area (Å²) >= 11 is 2.40. The number of fused-ring (bicyclic) bond motifs is 1. The molecule has 2 aromatic carbocycles. The molecule has 0 saturated carbocycles. The van der Waals surface area contributed by atoms with E-state index >= 15 is 0 Å². The molecule has 2 aromatic heterocycles. The van der Waals surface area contributed by atoms with Crippen molar-refractivity contribution in [1.82, 2.24) is 9.97 Å². The van der Waals surface area contributed by atoms with Gasteiger partial charge in [0.25, 0.3) is 0 Å². The minimum atomic E-state index is -0.439. The van der Waals surface area contributed by atoms with Crippen molar-refractivity contribution in [1.29, 1.82) is 0 Å². The number of benzene rings is 2. The van der Waals surface area contributed by atoms with Crippen molar-refractivity contribution in [3.63, 3.8) is 0 Å². The van der Waals surface area contributed by atoms with E-state index < -0.39 is 4.92 Å². The molecule has 0 bridgehead atoms. The van der Waals surface area contributed by atoms with Gasteiger partial charge in [-0.3, -0.25) is 15.1 Å². The lowest BCUT2D eigenvalue weighted by atomic mass is 10.2. The van der Waals surface area contributed by atoms with Gasteiger partial charge in [0.15, 0.2) is 15.8 Å². The van der Waals surface area contributed by atoms with Crippen molar-refractivity contribution < 1.29 is 14.4 Å². The molecule has 0 atom stereocenters. The van der Waals surface area contributed by atoms with E-state index in [0.717, 1.165) is 32.7 Å². The van der Waals surface area contributed by atoms with Crippen LogP contribution < -0.4 is 9.47 Å². The third-order valence-electron chi connectivity index (χ3n) is 4.07. The smallest absolute Gasteiger partial charge is 0.344 e. The second kappa shape index (κ2) is 8.46. The molecule has 2 heterocycles. The van der Waals surface area contributed by atoms with E-state index in [0.29, 0.717) is 22.4 Å². The average molecular weight is 425 g/mol. The fourth-order valence-corrected chi connectivity index (χ4v) is 4.55. The monoisotopic (exact) mass is 425 g/mol. The third-order valence-corrected chi connectivity index (χ3v) is 6.17. The van der Waals surface area contributed by atoms with Crippen molar-refractivity contribution in [2.24, 2.45) is 0 Å². The predicted molar refractivity (Wildman–Crippen MR) is 112 cm³/mol. The number of nitro groups is 1. The van der Waals surface area contributed by atoms with Crippen LogP contribution in [-0.2, 0) is 6.61 Å². The van der Waals surface area contributed by atoms with E-state index in [2.05, 4.69) is 9.97 Å². The van der Waals surface area contributed by atoms with Crippen LogP contribution in [0.15, 0.2) is 70.2 Å². The lowest BCUT2D eigenvalue weighted by Gasteiger charge is -2.13. The molecular weight excluding hydrogens is 410 g/mol. The number of pyridine rings is 1. The number of aromatic nitrogens is 2. The van der Waals surface area contributed by atoms with Crippen molar-refractivity contribution >= 4 is 39.0 Å². The second-order valence-corrected chi connectivity index (χ2v) is 8.23. The van der Waals surface area contributed by atoms with Gasteiger partial charge in [-0.1, -0.05) is 42.1 Å². The van der Waals surface area contributed by atoms with Gasteiger partial charge < -0.3 is 9.47 Å². The Morgan fingerprint density at radius 3 is 2.69 bits per heavy atom. The molecule has 29 heavy (non-hydrogen) atoms. The van der Waals surface area contributed by atoms with Crippen LogP contribution in [0.5, 0.6) is 11.5 Å². The molecule has 0 aliphatic rings. The van der Waals surface area contributed by atoms with Crippen molar-refractivity contribution in [2.75, 3.05) is 7.11 Å². The Labute approximate surface area is 174 Å². The fourth-order valence-electron chi connectivity index (χ4n) is 2.70. The van der Waals surface area contributed by atoms with Gasteiger partial charge in [-0.15, -0.1) is 0 Å². The van der Waals surface area contributed by atoms with Crippen LogP contribution in [0.2, 0.25) is 0 Å². The molecule has 4 rings (SSSR count). The molecule has 0 fully saturated rings. The van der Waals surface area contributed by atoms with Gasteiger partial charge >= 0.3 is 5.00 Å². The van der Waals surface area contributed by atoms with Gasteiger partial charge in [-0.05, 0) is 29.0 Å². The first-order valence-corrected chi connectivity index (χ1v) is 10.2. The van der Waals surface area contributed by atoms with Crippen LogP contribution in [0.25, 0.3) is 10.9 Å². The zero-order valence-corrected chi connectivity index (χ0v) is 16.9. The fraction of sp³-hybridized carbons (Fsp3) is 0.100. The minimum absolute atomic E-state index is 0.0139. The van der Waals surface area contributed by atoms with Gasteiger partial charge in [0, 0.05) is 22.5 Å². The Bertz CT molecular complexity index is 1170. The average Bonchev–Trinajstić information content (AvgIpc) is 3.21. The van der Waals surface area contributed by atoms with Gasteiger partial charge in [0.05, 0.1) is 17.5 Å². The molecule has 0 saturated heterocycles. The number of hydrogen-bond donors (Lipinski definition) is 0. The Morgan fingerprint density at radius 2 is 1.97 bits per heavy atom. The highest BCUT2D eigenvalue weighted by molar-refractivity contribution is 8.01. The zero-order chi connectivity index (χ0) is 20.2. The molecule has 0 unspecified atom stereocenters. The first kappa shape index (κ1) is 19.2. The molecule has 0 aliphatic carbocycles. The SMILES string of the molecule is COc1cc2c(Sc3ncc([N+](=O)[O-])s3)ccnc2cc1OCc1ccccc1. The summed E-state index contributed by atoms with van der Waals surface area (Å²) in [7, 11) is 1.59. The Kier molecular flexibility index (Phi) is 5.59. The van der Waals surface area contributed by atoms with Crippen LogP contribution in [0.3, 0.4) is 0 Å². The van der Waals surface area contributed by atoms with E-state index in [1.54, 1.807) is 13.3 Å². The number of nitrogens with zero attached hydrogens (tertiary/aromatic N) is 3. The Hall–Kier alpha value is -3.17. The van der Waals surface area contributed by atoms with Crippen molar-refractivity contribution in [3.8, 4) is 11.5 Å². The summed E-state index contributed by atoms with van der Waals surface area (Å²) in [5, 5.41) is 11.8. The number of thiazole rings is 1. The summed E-state index contributed by atoms with van der Waals surface area (Å²) in [6.07, 6.45) is 2.96. The molecule has 0 spiro atoms. The number of hydrogen-bond acceptors (Lipinski definition) is 8. The van der Waals surface area contributed by atoms with E-state index in [1.807, 2.05) is 48.5 Å². The van der Waals surface area contributed by atoms with Gasteiger partial charge in [-0.2, -0.15) is 0 Å². The maximum atomic E-state index is 10.9. The van der Waals surface area contributed by atoms with Crippen LogP contribution in [0.1, 0.15) is 5.56 Å². The number of methoxy groups -OCH3 is 1. The molecule has 0 N–H and O–H groups in total. The lowest BCUT2D eigenvalue weighted by molar-refractivity contribution is -0.380. The Morgan fingerprint density at radius 1 is 1.14 bits per heavy atom. The topological polar surface area (TPSA) is 87.4 Å². The van der Waals surface area contributed by atoms with Gasteiger partial charge in [-0.25, -0.2) is 4.98 Å². The summed E-state index contributed by atoms with van der Waals surface area (Å²) < 4.78 is 12.1. The molecule has 0 aliphatic heterocycles. The zero-order valence-electron chi connectivity index (χ0n) is 15.3. The minimum Gasteiger partial charge on any atom is -0.493 e. The van der Waals surface area contributed by atoms with Crippen molar-refractivity contribution in [3.05, 3.63) is 76.6 Å². The van der Waals surface area contributed by atoms with Gasteiger partial charge in [0.1, 0.15) is 12.8 Å². The first-order valence-electron chi connectivity index (χ1n) is 8.55. The highest BCUT2D eigenvalue weighted by atomic mass is 32.2. The number of ether oxygens (including phenoxy) is 2. The molecule has 0 radical (unpaired) electrons. The van der Waals surface area contributed by atoms with E-state index in [9.17, 15) is 10.1 Å². The molecule has 4 aromatic rings. The third kappa shape index (κ3) is 4.30. The molecular formula is C20H15N3O4S2. The highest BCUT2D eigenvalue weighted by Crippen LogP contribution is 2.40. The molecule has 7 nitrogen and oxygen atoms in total. The largest absolute Gasteiger partial charge is 0.493 e. The summed E-state index contributed by atoms with van der Waals surface area (Å²) in [5.41, 5.74) is 1.79.